The maximum atomic E-state index is 14.5. The lowest BCUT2D eigenvalue weighted by molar-refractivity contribution is -0.140. The molecule has 4 rings (SSSR count). The van der Waals surface area contributed by atoms with Crippen LogP contribution in [0.15, 0.2) is 108 Å². The zero-order chi connectivity index (χ0) is 32.6. The number of nitrogens with zero attached hydrogens (tertiary/aromatic N) is 2. The number of nitrogens with one attached hydrogen (secondary N) is 1. The number of rotatable bonds is 13. The number of hydrogen-bond acceptors (Lipinski definition) is 5. The van der Waals surface area contributed by atoms with Crippen molar-refractivity contribution >= 4 is 39.1 Å². The fourth-order valence-electron chi connectivity index (χ4n) is 5.03. The van der Waals surface area contributed by atoms with Crippen molar-refractivity contribution in [2.75, 3.05) is 18.0 Å². The van der Waals surface area contributed by atoms with Gasteiger partial charge in [0.15, 0.2) is 0 Å². The highest BCUT2D eigenvalue weighted by Crippen LogP contribution is 2.30. The van der Waals surface area contributed by atoms with E-state index < -0.39 is 28.5 Å². The van der Waals surface area contributed by atoms with E-state index in [2.05, 4.69) is 5.32 Å². The number of anilines is 1. The summed E-state index contributed by atoms with van der Waals surface area (Å²) in [5.41, 5.74) is 2.46. The maximum absolute atomic E-state index is 14.5. The molecule has 0 radical (unpaired) electrons. The van der Waals surface area contributed by atoms with Gasteiger partial charge in [-0.15, -0.1) is 0 Å². The molecule has 236 valence electrons. The Morgan fingerprint density at radius 2 is 1.51 bits per heavy atom. The molecule has 1 N–H and O–H groups in total. The minimum Gasteiger partial charge on any atom is -0.497 e. The Morgan fingerprint density at radius 3 is 2.13 bits per heavy atom. The van der Waals surface area contributed by atoms with Gasteiger partial charge in [-0.25, -0.2) is 8.42 Å². The topological polar surface area (TPSA) is 96.0 Å². The Balaban J connectivity index is 1.83. The summed E-state index contributed by atoms with van der Waals surface area (Å²) >= 11 is 6.22. The summed E-state index contributed by atoms with van der Waals surface area (Å²) in [5, 5.41) is 3.40. The summed E-state index contributed by atoms with van der Waals surface area (Å²) < 4.78 is 34.8. The van der Waals surface area contributed by atoms with Crippen LogP contribution in [-0.4, -0.2) is 50.9 Å². The fraction of sp³-hybridized carbons (Fsp3) is 0.257. The van der Waals surface area contributed by atoms with E-state index in [4.69, 9.17) is 16.3 Å². The Morgan fingerprint density at radius 1 is 0.867 bits per heavy atom. The fourth-order valence-corrected chi connectivity index (χ4v) is 6.76. The van der Waals surface area contributed by atoms with Crippen LogP contribution in [0.2, 0.25) is 5.02 Å². The molecular formula is C35H38ClN3O5S. The van der Waals surface area contributed by atoms with Crippen LogP contribution in [0.25, 0.3) is 0 Å². The molecule has 0 saturated carbocycles. The first kappa shape index (κ1) is 33.6. The monoisotopic (exact) mass is 647 g/mol. The summed E-state index contributed by atoms with van der Waals surface area (Å²) in [6, 6.07) is 28.3. The van der Waals surface area contributed by atoms with Gasteiger partial charge in [0, 0.05) is 24.0 Å². The first-order valence-electron chi connectivity index (χ1n) is 14.6. The number of aryl methyl sites for hydroxylation is 1. The molecule has 4 aromatic rings. The van der Waals surface area contributed by atoms with Gasteiger partial charge < -0.3 is 15.0 Å². The molecule has 0 saturated heterocycles. The number of benzene rings is 4. The predicted octanol–water partition coefficient (Wildman–Crippen LogP) is 6.02. The molecule has 10 heteroatoms. The summed E-state index contributed by atoms with van der Waals surface area (Å²) in [6.45, 7) is 4.93. The van der Waals surface area contributed by atoms with E-state index in [1.54, 1.807) is 68.6 Å². The number of hydrogen-bond donors (Lipinski definition) is 1. The number of carbonyl (C=O) groups excluding carboxylic acids is 2. The number of amides is 2. The van der Waals surface area contributed by atoms with Gasteiger partial charge in [-0.2, -0.15) is 0 Å². The SMILES string of the molecule is COc1cccc(CN(C(=O)CN(c2ccc(Cl)cc2C)S(=O)(=O)c2ccccc2)[C@H](Cc2ccccc2)C(=O)NC(C)C)c1. The van der Waals surface area contributed by atoms with E-state index in [0.29, 0.717) is 22.0 Å². The molecule has 4 aromatic carbocycles. The van der Waals surface area contributed by atoms with Crippen LogP contribution in [0.5, 0.6) is 5.75 Å². The quantitative estimate of drug-likeness (QED) is 0.192. The second-order valence-corrected chi connectivity index (χ2v) is 13.3. The second-order valence-electron chi connectivity index (χ2n) is 11.0. The van der Waals surface area contributed by atoms with Gasteiger partial charge in [0.2, 0.25) is 11.8 Å². The van der Waals surface area contributed by atoms with Crippen molar-refractivity contribution < 1.29 is 22.7 Å². The van der Waals surface area contributed by atoms with E-state index in [1.807, 2.05) is 50.2 Å². The minimum atomic E-state index is -4.20. The Kier molecular flexibility index (Phi) is 11.3. The van der Waals surface area contributed by atoms with Crippen LogP contribution in [0.4, 0.5) is 5.69 Å². The Labute approximate surface area is 270 Å². The summed E-state index contributed by atoms with van der Waals surface area (Å²) in [5.74, 6) is -0.298. The standard InChI is InChI=1S/C35H38ClN3O5S/c1-25(2)37-35(41)33(22-27-12-7-5-8-13-27)38(23-28-14-11-15-30(21-28)44-4)34(40)24-39(32-19-18-29(36)20-26(32)3)45(42,43)31-16-9-6-10-17-31/h5-21,25,33H,22-24H2,1-4H3,(H,37,41)/t33-/m1/s1. The molecule has 0 aromatic heterocycles. The third-order valence-corrected chi connectivity index (χ3v) is 9.24. The van der Waals surface area contributed by atoms with Crippen molar-refractivity contribution in [1.82, 2.24) is 10.2 Å². The summed E-state index contributed by atoms with van der Waals surface area (Å²) in [6.07, 6.45) is 0.223. The van der Waals surface area contributed by atoms with Crippen LogP contribution in [0.1, 0.15) is 30.5 Å². The molecule has 0 aliphatic rings. The summed E-state index contributed by atoms with van der Waals surface area (Å²) in [7, 11) is -2.65. The average molecular weight is 648 g/mol. The highest BCUT2D eigenvalue weighted by molar-refractivity contribution is 7.92. The molecule has 0 aliphatic heterocycles. The van der Waals surface area contributed by atoms with E-state index in [-0.39, 0.29) is 29.8 Å². The molecular weight excluding hydrogens is 610 g/mol. The second kappa shape index (κ2) is 15.1. The van der Waals surface area contributed by atoms with Crippen molar-refractivity contribution in [2.24, 2.45) is 0 Å². The van der Waals surface area contributed by atoms with Crippen molar-refractivity contribution in [1.29, 1.82) is 0 Å². The zero-order valence-corrected chi connectivity index (χ0v) is 27.4. The van der Waals surface area contributed by atoms with Gasteiger partial charge in [-0.3, -0.25) is 13.9 Å². The predicted molar refractivity (Wildman–Crippen MR) is 178 cm³/mol. The van der Waals surface area contributed by atoms with Crippen molar-refractivity contribution in [3.05, 3.63) is 125 Å². The number of halogens is 1. The highest BCUT2D eigenvalue weighted by Gasteiger charge is 2.35. The zero-order valence-electron chi connectivity index (χ0n) is 25.8. The highest BCUT2D eigenvalue weighted by atomic mass is 35.5. The average Bonchev–Trinajstić information content (AvgIpc) is 3.02. The smallest absolute Gasteiger partial charge is 0.264 e. The van der Waals surface area contributed by atoms with E-state index in [9.17, 15) is 18.0 Å². The molecule has 0 unspecified atom stereocenters. The molecule has 0 heterocycles. The van der Waals surface area contributed by atoms with Gasteiger partial charge in [0.1, 0.15) is 18.3 Å². The summed E-state index contributed by atoms with van der Waals surface area (Å²) in [4.78, 5) is 29.8. The van der Waals surface area contributed by atoms with Crippen molar-refractivity contribution in [3.63, 3.8) is 0 Å². The molecule has 45 heavy (non-hydrogen) atoms. The molecule has 2 amide bonds. The van der Waals surface area contributed by atoms with Gasteiger partial charge in [0.25, 0.3) is 10.0 Å². The van der Waals surface area contributed by atoms with E-state index >= 15 is 0 Å². The van der Waals surface area contributed by atoms with Crippen molar-refractivity contribution in [3.8, 4) is 5.75 Å². The lowest BCUT2D eigenvalue weighted by Gasteiger charge is -2.34. The van der Waals surface area contributed by atoms with Crippen LogP contribution < -0.4 is 14.4 Å². The van der Waals surface area contributed by atoms with Crippen LogP contribution in [0, 0.1) is 6.92 Å². The number of sulfonamides is 1. The Hall–Kier alpha value is -4.34. The molecule has 0 bridgehead atoms. The van der Waals surface area contributed by atoms with Gasteiger partial charge >= 0.3 is 0 Å². The molecule has 8 nitrogen and oxygen atoms in total. The third kappa shape index (κ3) is 8.65. The van der Waals surface area contributed by atoms with Gasteiger partial charge in [-0.1, -0.05) is 72.3 Å². The van der Waals surface area contributed by atoms with E-state index in [0.717, 1.165) is 15.4 Å². The number of methoxy groups -OCH3 is 1. The number of ether oxygens (including phenoxy) is 1. The lowest BCUT2D eigenvalue weighted by atomic mass is 10.0. The first-order valence-corrected chi connectivity index (χ1v) is 16.4. The van der Waals surface area contributed by atoms with E-state index in [1.165, 1.54) is 17.0 Å². The molecule has 0 spiro atoms. The normalized spacial score (nSPS) is 12.0. The maximum Gasteiger partial charge on any atom is 0.264 e. The van der Waals surface area contributed by atoms with Gasteiger partial charge in [-0.05, 0) is 79.9 Å². The van der Waals surface area contributed by atoms with Crippen molar-refractivity contribution in [2.45, 2.75) is 50.7 Å². The van der Waals surface area contributed by atoms with Crippen LogP contribution >= 0.6 is 11.6 Å². The number of carbonyl (C=O) groups is 2. The minimum absolute atomic E-state index is 0.0323. The molecule has 0 fully saturated rings. The largest absolute Gasteiger partial charge is 0.497 e. The third-order valence-electron chi connectivity index (χ3n) is 7.23. The molecule has 0 aliphatic carbocycles. The van der Waals surface area contributed by atoms with Gasteiger partial charge in [0.05, 0.1) is 17.7 Å². The lowest BCUT2D eigenvalue weighted by Crippen LogP contribution is -2.54. The molecule has 1 atom stereocenters. The van der Waals surface area contributed by atoms with Crippen LogP contribution in [0.3, 0.4) is 0 Å². The van der Waals surface area contributed by atoms with Crippen LogP contribution in [-0.2, 0) is 32.6 Å². The Bertz CT molecular complexity index is 1720. The first-order chi connectivity index (χ1) is 21.5.